The first-order chi connectivity index (χ1) is 11.3. The van der Waals surface area contributed by atoms with E-state index in [0.717, 1.165) is 11.8 Å². The number of nitrogens with one attached hydrogen (secondary N) is 2. The minimum Gasteiger partial charge on any atom is -0.355 e. The van der Waals surface area contributed by atoms with E-state index in [1.165, 1.54) is 18.2 Å². The van der Waals surface area contributed by atoms with Crippen molar-refractivity contribution >= 4 is 21.7 Å². The maximum atomic E-state index is 12.1. The molecule has 0 aliphatic rings. The molecule has 0 saturated carbocycles. The molecular weight excluding hydrogens is 328 g/mol. The van der Waals surface area contributed by atoms with Crippen molar-refractivity contribution in [3.05, 3.63) is 65.2 Å². The number of carbonyl (C=O) groups excluding carboxylic acids is 2. The topological polar surface area (TPSA) is 92.3 Å². The quantitative estimate of drug-likeness (QED) is 0.855. The summed E-state index contributed by atoms with van der Waals surface area (Å²) in [4.78, 5) is 23.7. The third kappa shape index (κ3) is 4.42. The SMILES string of the molecule is CNC(=O)c1ccc(CNC(=O)c2cccc(S(C)(=O)=O)c2)cc1. The summed E-state index contributed by atoms with van der Waals surface area (Å²) in [5.41, 5.74) is 1.64. The van der Waals surface area contributed by atoms with Crippen LogP contribution in [0.1, 0.15) is 26.3 Å². The van der Waals surface area contributed by atoms with E-state index in [1.54, 1.807) is 37.4 Å². The van der Waals surface area contributed by atoms with Crippen molar-refractivity contribution in [2.75, 3.05) is 13.3 Å². The van der Waals surface area contributed by atoms with E-state index in [9.17, 15) is 18.0 Å². The Morgan fingerprint density at radius 2 is 1.62 bits per heavy atom. The van der Waals surface area contributed by atoms with Gasteiger partial charge in [0, 0.05) is 31.0 Å². The summed E-state index contributed by atoms with van der Waals surface area (Å²) in [7, 11) is -1.80. The summed E-state index contributed by atoms with van der Waals surface area (Å²) in [5, 5.41) is 5.25. The Labute approximate surface area is 140 Å². The second-order valence-electron chi connectivity index (χ2n) is 5.26. The van der Waals surface area contributed by atoms with Gasteiger partial charge >= 0.3 is 0 Å². The molecule has 7 heteroatoms. The molecule has 0 unspecified atom stereocenters. The minimum atomic E-state index is -3.36. The van der Waals surface area contributed by atoms with Crippen LogP contribution in [0.4, 0.5) is 0 Å². The number of rotatable bonds is 5. The highest BCUT2D eigenvalue weighted by molar-refractivity contribution is 7.90. The normalized spacial score (nSPS) is 10.9. The molecule has 0 spiro atoms. The van der Waals surface area contributed by atoms with Gasteiger partial charge in [-0.3, -0.25) is 9.59 Å². The van der Waals surface area contributed by atoms with Crippen LogP contribution in [0, 0.1) is 0 Å². The first-order valence-corrected chi connectivity index (χ1v) is 9.10. The van der Waals surface area contributed by atoms with Gasteiger partial charge in [0.05, 0.1) is 4.90 Å². The summed E-state index contributed by atoms with van der Waals surface area (Å²) in [6.07, 6.45) is 1.10. The Morgan fingerprint density at radius 3 is 2.21 bits per heavy atom. The zero-order chi connectivity index (χ0) is 17.7. The molecule has 2 aromatic rings. The van der Waals surface area contributed by atoms with E-state index in [1.807, 2.05) is 0 Å². The summed E-state index contributed by atoms with van der Waals surface area (Å²) >= 11 is 0. The van der Waals surface area contributed by atoms with Crippen LogP contribution in [0.15, 0.2) is 53.4 Å². The third-order valence-corrected chi connectivity index (χ3v) is 4.53. The lowest BCUT2D eigenvalue weighted by atomic mass is 10.1. The highest BCUT2D eigenvalue weighted by Gasteiger charge is 2.11. The summed E-state index contributed by atoms with van der Waals surface area (Å²) in [6.45, 7) is 0.274. The van der Waals surface area contributed by atoms with Gasteiger partial charge < -0.3 is 10.6 Å². The van der Waals surface area contributed by atoms with Gasteiger partial charge in [0.25, 0.3) is 11.8 Å². The molecule has 126 valence electrons. The van der Waals surface area contributed by atoms with Crippen molar-refractivity contribution in [3.8, 4) is 0 Å². The molecule has 6 nitrogen and oxygen atoms in total. The Balaban J connectivity index is 2.04. The number of sulfone groups is 1. The van der Waals surface area contributed by atoms with Gasteiger partial charge in [-0.15, -0.1) is 0 Å². The van der Waals surface area contributed by atoms with Gasteiger partial charge in [-0.1, -0.05) is 18.2 Å². The lowest BCUT2D eigenvalue weighted by molar-refractivity contribution is 0.0946. The fraction of sp³-hybridized carbons (Fsp3) is 0.176. The van der Waals surface area contributed by atoms with E-state index < -0.39 is 9.84 Å². The maximum Gasteiger partial charge on any atom is 0.251 e. The maximum absolute atomic E-state index is 12.1. The van der Waals surface area contributed by atoms with Gasteiger partial charge in [0.1, 0.15) is 0 Å². The molecule has 2 aromatic carbocycles. The average molecular weight is 346 g/mol. The van der Waals surface area contributed by atoms with Crippen molar-refractivity contribution in [1.29, 1.82) is 0 Å². The number of benzene rings is 2. The van der Waals surface area contributed by atoms with Gasteiger partial charge in [-0.05, 0) is 35.9 Å². The second-order valence-corrected chi connectivity index (χ2v) is 7.27. The van der Waals surface area contributed by atoms with Crippen LogP contribution in [-0.4, -0.2) is 33.5 Å². The van der Waals surface area contributed by atoms with Crippen LogP contribution in [-0.2, 0) is 16.4 Å². The third-order valence-electron chi connectivity index (χ3n) is 3.42. The van der Waals surface area contributed by atoms with E-state index in [-0.39, 0.29) is 28.8 Å². The largest absolute Gasteiger partial charge is 0.355 e. The van der Waals surface area contributed by atoms with Gasteiger partial charge in [-0.2, -0.15) is 0 Å². The van der Waals surface area contributed by atoms with Crippen molar-refractivity contribution in [1.82, 2.24) is 10.6 Å². The lowest BCUT2D eigenvalue weighted by Crippen LogP contribution is -2.23. The Kier molecular flexibility index (Phi) is 5.35. The Morgan fingerprint density at radius 1 is 0.958 bits per heavy atom. The molecule has 0 radical (unpaired) electrons. The van der Waals surface area contributed by atoms with E-state index >= 15 is 0 Å². The van der Waals surface area contributed by atoms with Crippen molar-refractivity contribution in [3.63, 3.8) is 0 Å². The predicted molar refractivity (Wildman–Crippen MR) is 90.6 cm³/mol. The van der Waals surface area contributed by atoms with Crippen LogP contribution in [0.3, 0.4) is 0 Å². The molecular formula is C17H18N2O4S. The van der Waals surface area contributed by atoms with E-state index in [2.05, 4.69) is 10.6 Å². The van der Waals surface area contributed by atoms with Crippen LogP contribution >= 0.6 is 0 Å². The number of hydrogen-bond acceptors (Lipinski definition) is 4. The monoisotopic (exact) mass is 346 g/mol. The summed E-state index contributed by atoms with van der Waals surface area (Å²) in [5.74, 6) is -0.543. The Hall–Kier alpha value is -2.67. The molecule has 0 aromatic heterocycles. The molecule has 2 rings (SSSR count). The van der Waals surface area contributed by atoms with Crippen LogP contribution in [0.5, 0.6) is 0 Å². The Bertz CT molecular complexity index is 858. The minimum absolute atomic E-state index is 0.102. The molecule has 0 aliphatic carbocycles. The standard InChI is InChI=1S/C17H18N2O4S/c1-18-16(20)13-8-6-12(7-9-13)11-19-17(21)14-4-3-5-15(10-14)24(2,22)23/h3-10H,11H2,1-2H3,(H,18,20)(H,19,21). The van der Waals surface area contributed by atoms with Crippen molar-refractivity contribution in [2.24, 2.45) is 0 Å². The van der Waals surface area contributed by atoms with Crippen molar-refractivity contribution in [2.45, 2.75) is 11.4 Å². The predicted octanol–water partition coefficient (Wildman–Crippen LogP) is 1.38. The average Bonchev–Trinajstić information content (AvgIpc) is 2.58. The highest BCUT2D eigenvalue weighted by Crippen LogP contribution is 2.11. The van der Waals surface area contributed by atoms with Crippen LogP contribution < -0.4 is 10.6 Å². The summed E-state index contributed by atoms with van der Waals surface area (Å²) < 4.78 is 23.1. The van der Waals surface area contributed by atoms with E-state index in [0.29, 0.717) is 5.56 Å². The van der Waals surface area contributed by atoms with Gasteiger partial charge in [0.2, 0.25) is 0 Å². The molecule has 0 saturated heterocycles. The number of amides is 2. The van der Waals surface area contributed by atoms with Crippen molar-refractivity contribution < 1.29 is 18.0 Å². The molecule has 2 amide bonds. The zero-order valence-electron chi connectivity index (χ0n) is 13.4. The highest BCUT2D eigenvalue weighted by atomic mass is 32.2. The first kappa shape index (κ1) is 17.7. The van der Waals surface area contributed by atoms with Crippen LogP contribution in [0.2, 0.25) is 0 Å². The summed E-state index contributed by atoms with van der Waals surface area (Å²) in [6, 6.07) is 12.7. The fourth-order valence-electron chi connectivity index (χ4n) is 2.07. The molecule has 0 aliphatic heterocycles. The first-order valence-electron chi connectivity index (χ1n) is 7.20. The smallest absolute Gasteiger partial charge is 0.251 e. The lowest BCUT2D eigenvalue weighted by Gasteiger charge is -2.07. The van der Waals surface area contributed by atoms with Gasteiger partial charge in [0.15, 0.2) is 9.84 Å². The molecule has 0 heterocycles. The van der Waals surface area contributed by atoms with Gasteiger partial charge in [-0.25, -0.2) is 8.42 Å². The number of carbonyl (C=O) groups is 2. The zero-order valence-corrected chi connectivity index (χ0v) is 14.2. The van der Waals surface area contributed by atoms with E-state index in [4.69, 9.17) is 0 Å². The fourth-order valence-corrected chi connectivity index (χ4v) is 2.74. The molecule has 0 fully saturated rings. The van der Waals surface area contributed by atoms with Crippen LogP contribution in [0.25, 0.3) is 0 Å². The number of hydrogen-bond donors (Lipinski definition) is 2. The molecule has 0 atom stereocenters. The second kappa shape index (κ2) is 7.27. The molecule has 24 heavy (non-hydrogen) atoms. The molecule has 0 bridgehead atoms. The molecule has 2 N–H and O–H groups in total.